The maximum absolute atomic E-state index is 12.3. The van der Waals surface area contributed by atoms with Gasteiger partial charge in [0, 0.05) is 45.6 Å². The van der Waals surface area contributed by atoms with Crippen LogP contribution < -0.4 is 10.1 Å². The summed E-state index contributed by atoms with van der Waals surface area (Å²) in [6, 6.07) is 3.23. The van der Waals surface area contributed by atoms with Gasteiger partial charge in [0.2, 0.25) is 5.88 Å². The lowest BCUT2D eigenvalue weighted by Gasteiger charge is -2.35. The molecule has 1 N–H and O–H groups in total. The monoisotopic (exact) mass is 572 g/mol. The number of nitrogens with one attached hydrogen (secondary N) is 1. The third-order valence-electron chi connectivity index (χ3n) is 5.38. The number of likely N-dealkylation sites (tertiary alicyclic amines) is 1. The van der Waals surface area contributed by atoms with E-state index in [2.05, 4.69) is 20.2 Å². The average Bonchev–Trinajstić information content (AvgIpc) is 2.78. The maximum Gasteiger partial charge on any atom is 0.422 e. The molecular weight excluding hydrogens is 540 g/mol. The topological polar surface area (TPSA) is 68.2 Å². The van der Waals surface area contributed by atoms with Crippen molar-refractivity contribution in [1.29, 1.82) is 0 Å². The molecule has 0 amide bonds. The van der Waals surface area contributed by atoms with Crippen LogP contribution in [0.4, 0.5) is 13.2 Å². The number of hydrogen-bond donors (Lipinski definition) is 1. The number of rotatable bonds is 7. The maximum atomic E-state index is 12.3. The normalized spacial score (nSPS) is 20.6. The molecule has 1 aromatic rings. The highest BCUT2D eigenvalue weighted by atomic mass is 127. The molecule has 0 radical (unpaired) electrons. The molecule has 0 saturated carbocycles. The highest BCUT2D eigenvalue weighted by Gasteiger charge is 2.28. The molecule has 11 heteroatoms. The van der Waals surface area contributed by atoms with Crippen molar-refractivity contribution >= 4 is 29.9 Å². The van der Waals surface area contributed by atoms with Crippen LogP contribution >= 0.6 is 24.0 Å². The van der Waals surface area contributed by atoms with Crippen molar-refractivity contribution in [3.05, 3.63) is 23.9 Å². The van der Waals surface area contributed by atoms with E-state index in [0.29, 0.717) is 13.2 Å². The van der Waals surface area contributed by atoms with Crippen LogP contribution in [0.2, 0.25) is 0 Å². The Balaban J connectivity index is 0.00000363. The van der Waals surface area contributed by atoms with Crippen LogP contribution in [0.1, 0.15) is 37.7 Å². The first-order valence-electron chi connectivity index (χ1n) is 10.8. The van der Waals surface area contributed by atoms with Gasteiger partial charge in [0.25, 0.3) is 0 Å². The number of piperidine rings is 1. The van der Waals surface area contributed by atoms with Gasteiger partial charge in [0.15, 0.2) is 12.6 Å². The van der Waals surface area contributed by atoms with E-state index in [4.69, 9.17) is 14.2 Å². The predicted molar refractivity (Wildman–Crippen MR) is 126 cm³/mol. The fourth-order valence-corrected chi connectivity index (χ4v) is 3.73. The van der Waals surface area contributed by atoms with Crippen molar-refractivity contribution in [3.63, 3.8) is 0 Å². The van der Waals surface area contributed by atoms with Crippen LogP contribution in [0.15, 0.2) is 23.3 Å². The van der Waals surface area contributed by atoms with Gasteiger partial charge in [0.05, 0.1) is 18.8 Å². The molecule has 0 aliphatic carbocycles. The lowest BCUT2D eigenvalue weighted by Crippen LogP contribution is -2.47. The van der Waals surface area contributed by atoms with Gasteiger partial charge in [-0.3, -0.25) is 4.99 Å². The molecule has 2 aliphatic heterocycles. The van der Waals surface area contributed by atoms with E-state index in [1.54, 1.807) is 13.1 Å². The highest BCUT2D eigenvalue weighted by molar-refractivity contribution is 14.0. The smallest absolute Gasteiger partial charge is 0.422 e. The Hall–Kier alpha value is -1.34. The van der Waals surface area contributed by atoms with Gasteiger partial charge < -0.3 is 24.4 Å². The van der Waals surface area contributed by atoms with Crippen LogP contribution in [-0.2, 0) is 16.0 Å². The number of ether oxygens (including phenoxy) is 3. The third-order valence-corrected chi connectivity index (χ3v) is 5.38. The average molecular weight is 572 g/mol. The van der Waals surface area contributed by atoms with Crippen molar-refractivity contribution in [2.24, 2.45) is 4.99 Å². The largest absolute Gasteiger partial charge is 0.468 e. The molecule has 3 heterocycles. The van der Waals surface area contributed by atoms with Gasteiger partial charge >= 0.3 is 6.18 Å². The molecule has 182 valence electrons. The predicted octanol–water partition coefficient (Wildman–Crippen LogP) is 3.77. The number of nitrogens with zero attached hydrogens (tertiary/aromatic N) is 3. The molecule has 7 nitrogen and oxygen atoms in total. The van der Waals surface area contributed by atoms with Crippen LogP contribution in [0.3, 0.4) is 0 Å². The summed E-state index contributed by atoms with van der Waals surface area (Å²) in [5.74, 6) is 0.704. The zero-order valence-corrected chi connectivity index (χ0v) is 20.6. The number of hydrogen-bond acceptors (Lipinski definition) is 5. The summed E-state index contributed by atoms with van der Waals surface area (Å²) < 4.78 is 53.4. The summed E-state index contributed by atoms with van der Waals surface area (Å²) in [4.78, 5) is 10.3. The lowest BCUT2D eigenvalue weighted by atomic mass is 10.1. The number of aromatic nitrogens is 1. The molecule has 2 aliphatic rings. The van der Waals surface area contributed by atoms with Crippen LogP contribution in [0.25, 0.3) is 0 Å². The molecule has 32 heavy (non-hydrogen) atoms. The van der Waals surface area contributed by atoms with E-state index < -0.39 is 12.8 Å². The summed E-state index contributed by atoms with van der Waals surface area (Å²) in [7, 11) is 1.72. The second-order valence-electron chi connectivity index (χ2n) is 7.82. The number of alkyl halides is 3. The molecule has 1 unspecified atom stereocenters. The van der Waals surface area contributed by atoms with Gasteiger partial charge in [-0.05, 0) is 43.7 Å². The number of pyridine rings is 1. The second-order valence-corrected chi connectivity index (χ2v) is 7.82. The minimum absolute atomic E-state index is 0. The van der Waals surface area contributed by atoms with E-state index in [-0.39, 0.29) is 42.1 Å². The summed E-state index contributed by atoms with van der Waals surface area (Å²) in [5.41, 5.74) is 0.763. The van der Waals surface area contributed by atoms with Crippen molar-refractivity contribution in [1.82, 2.24) is 15.2 Å². The van der Waals surface area contributed by atoms with Gasteiger partial charge in [0.1, 0.15) is 0 Å². The molecule has 0 bridgehead atoms. The SMILES string of the molecule is CN=C(NCc1ccnc(OCC(F)(F)F)c1)N1CCC(OCC2CCCCO2)CC1.I. The second kappa shape index (κ2) is 13.4. The molecule has 1 aromatic heterocycles. The van der Waals surface area contributed by atoms with Crippen molar-refractivity contribution in [3.8, 4) is 5.88 Å². The zero-order valence-electron chi connectivity index (χ0n) is 18.3. The van der Waals surface area contributed by atoms with Crippen molar-refractivity contribution < 1.29 is 27.4 Å². The van der Waals surface area contributed by atoms with E-state index in [9.17, 15) is 13.2 Å². The van der Waals surface area contributed by atoms with E-state index >= 15 is 0 Å². The van der Waals surface area contributed by atoms with Crippen LogP contribution in [0.5, 0.6) is 5.88 Å². The Kier molecular flexibility index (Phi) is 11.3. The summed E-state index contributed by atoms with van der Waals surface area (Å²) in [5, 5.41) is 3.26. The van der Waals surface area contributed by atoms with Gasteiger partial charge in [-0.1, -0.05) is 0 Å². The van der Waals surface area contributed by atoms with Gasteiger partial charge in [-0.2, -0.15) is 13.2 Å². The minimum Gasteiger partial charge on any atom is -0.468 e. The standard InChI is InChI=1S/C21H31F3N4O3.HI/c1-25-20(27-13-16-5-8-26-19(12-16)31-15-21(22,23)24)28-9-6-17(7-10-28)30-14-18-4-2-3-11-29-18;/h5,8,12,17-18H,2-4,6-7,9-11,13-15H2,1H3,(H,25,27);1H. The van der Waals surface area contributed by atoms with Crippen molar-refractivity contribution in [2.75, 3.05) is 40.0 Å². The lowest BCUT2D eigenvalue weighted by molar-refractivity contribution is -0.154. The number of halogens is 4. The Labute approximate surface area is 204 Å². The summed E-state index contributed by atoms with van der Waals surface area (Å²) in [6.07, 6.45) is 2.76. The fraction of sp³-hybridized carbons (Fsp3) is 0.714. The van der Waals surface area contributed by atoms with Crippen LogP contribution in [-0.4, -0.2) is 74.2 Å². The Morgan fingerprint density at radius 3 is 2.72 bits per heavy atom. The van der Waals surface area contributed by atoms with E-state index in [0.717, 1.165) is 56.9 Å². The Morgan fingerprint density at radius 2 is 2.06 bits per heavy atom. The zero-order chi connectivity index (χ0) is 22.1. The highest BCUT2D eigenvalue weighted by Crippen LogP contribution is 2.19. The van der Waals surface area contributed by atoms with Gasteiger partial charge in [-0.15, -0.1) is 24.0 Å². The summed E-state index contributed by atoms with van der Waals surface area (Å²) in [6.45, 7) is 2.20. The Morgan fingerprint density at radius 1 is 1.28 bits per heavy atom. The summed E-state index contributed by atoms with van der Waals surface area (Å²) >= 11 is 0. The van der Waals surface area contributed by atoms with E-state index in [1.165, 1.54) is 18.7 Å². The molecule has 0 spiro atoms. The van der Waals surface area contributed by atoms with Gasteiger partial charge in [-0.25, -0.2) is 4.98 Å². The number of guanidine groups is 1. The molecule has 2 saturated heterocycles. The number of aliphatic imine (C=N–C) groups is 1. The minimum atomic E-state index is -4.39. The first-order valence-corrected chi connectivity index (χ1v) is 10.8. The first kappa shape index (κ1) is 26.9. The molecular formula is C21H32F3IN4O3. The first-order chi connectivity index (χ1) is 14.9. The third kappa shape index (κ3) is 9.26. The molecule has 2 fully saturated rings. The quantitative estimate of drug-likeness (QED) is 0.305. The molecule has 3 rings (SSSR count). The van der Waals surface area contributed by atoms with E-state index in [1.807, 2.05) is 0 Å². The molecule has 1 atom stereocenters. The molecule has 0 aromatic carbocycles. The fourth-order valence-electron chi connectivity index (χ4n) is 3.73. The van der Waals surface area contributed by atoms with Crippen molar-refractivity contribution in [2.45, 2.75) is 57.0 Å². The van der Waals surface area contributed by atoms with Crippen LogP contribution in [0, 0.1) is 0 Å². The Bertz CT molecular complexity index is 710.